The van der Waals surface area contributed by atoms with E-state index in [-0.39, 0.29) is 6.29 Å². The number of aryl methyl sites for hydroxylation is 1. The Labute approximate surface area is 109 Å². The lowest BCUT2D eigenvalue weighted by Gasteiger charge is -2.17. The normalized spacial score (nSPS) is 17.9. The van der Waals surface area contributed by atoms with Crippen LogP contribution in [-0.4, -0.2) is 26.6 Å². The van der Waals surface area contributed by atoms with Crippen LogP contribution in [0, 0.1) is 6.92 Å². The second-order valence-corrected chi connectivity index (χ2v) is 4.89. The van der Waals surface area contributed by atoms with Gasteiger partial charge in [0.1, 0.15) is 5.75 Å². The van der Waals surface area contributed by atoms with Crippen molar-refractivity contribution in [1.29, 1.82) is 0 Å². The summed E-state index contributed by atoms with van der Waals surface area (Å²) >= 11 is 0. The van der Waals surface area contributed by atoms with Crippen LogP contribution < -0.4 is 4.74 Å². The molecule has 1 aromatic rings. The summed E-state index contributed by atoms with van der Waals surface area (Å²) in [5.41, 5.74) is 2.49. The van der Waals surface area contributed by atoms with Gasteiger partial charge in [0.2, 0.25) is 0 Å². The van der Waals surface area contributed by atoms with Crippen molar-refractivity contribution in [2.24, 2.45) is 0 Å². The van der Waals surface area contributed by atoms with E-state index in [0.29, 0.717) is 5.92 Å². The molecule has 1 aromatic carbocycles. The molecule has 2 rings (SSSR count). The molecule has 1 unspecified atom stereocenters. The lowest BCUT2D eigenvalue weighted by Crippen LogP contribution is -2.09. The van der Waals surface area contributed by atoms with E-state index in [4.69, 9.17) is 14.2 Å². The Morgan fingerprint density at radius 2 is 2.06 bits per heavy atom. The molecule has 0 N–H and O–H groups in total. The van der Waals surface area contributed by atoms with Crippen LogP contribution in [-0.2, 0) is 9.47 Å². The molecule has 18 heavy (non-hydrogen) atoms. The Kier molecular flexibility index (Phi) is 4.61. The van der Waals surface area contributed by atoms with Crippen molar-refractivity contribution in [1.82, 2.24) is 0 Å². The molecule has 100 valence electrons. The molecule has 3 nitrogen and oxygen atoms in total. The van der Waals surface area contributed by atoms with Crippen molar-refractivity contribution < 1.29 is 14.2 Å². The molecule has 0 saturated carbocycles. The Morgan fingerprint density at radius 3 is 2.72 bits per heavy atom. The molecule has 1 saturated heterocycles. The molecule has 1 atom stereocenters. The van der Waals surface area contributed by atoms with E-state index < -0.39 is 0 Å². The van der Waals surface area contributed by atoms with Gasteiger partial charge in [0.25, 0.3) is 0 Å². The van der Waals surface area contributed by atoms with Crippen molar-refractivity contribution in [2.45, 2.75) is 38.9 Å². The van der Waals surface area contributed by atoms with Crippen molar-refractivity contribution in [3.05, 3.63) is 29.3 Å². The molecule has 1 heterocycles. The molecular formula is C15H22O3. The maximum Gasteiger partial charge on any atom is 0.157 e. The third-order valence-corrected chi connectivity index (χ3v) is 3.45. The van der Waals surface area contributed by atoms with Crippen LogP contribution in [0.1, 0.15) is 36.8 Å². The van der Waals surface area contributed by atoms with Crippen molar-refractivity contribution in [2.75, 3.05) is 20.3 Å². The number of ether oxygens (including phenoxy) is 3. The summed E-state index contributed by atoms with van der Waals surface area (Å²) < 4.78 is 16.4. The summed E-state index contributed by atoms with van der Waals surface area (Å²) in [6.45, 7) is 5.76. The fourth-order valence-electron chi connectivity index (χ4n) is 2.34. The van der Waals surface area contributed by atoms with Crippen LogP contribution in [0.4, 0.5) is 0 Å². The van der Waals surface area contributed by atoms with Crippen LogP contribution in [0.2, 0.25) is 0 Å². The molecule has 1 aliphatic heterocycles. The van der Waals surface area contributed by atoms with E-state index in [9.17, 15) is 0 Å². The van der Waals surface area contributed by atoms with E-state index in [1.807, 2.05) is 0 Å². The van der Waals surface area contributed by atoms with Gasteiger partial charge in [0.15, 0.2) is 6.29 Å². The Hall–Kier alpha value is -1.06. The van der Waals surface area contributed by atoms with Gasteiger partial charge in [0.05, 0.1) is 20.3 Å². The first-order chi connectivity index (χ1) is 8.70. The summed E-state index contributed by atoms with van der Waals surface area (Å²) in [4.78, 5) is 0. The fraction of sp³-hybridized carbons (Fsp3) is 0.600. The molecule has 0 aliphatic carbocycles. The maximum absolute atomic E-state index is 5.46. The maximum atomic E-state index is 5.46. The van der Waals surface area contributed by atoms with E-state index in [2.05, 4.69) is 32.0 Å². The van der Waals surface area contributed by atoms with Crippen molar-refractivity contribution in [3.8, 4) is 5.75 Å². The zero-order valence-electron chi connectivity index (χ0n) is 11.4. The summed E-state index contributed by atoms with van der Waals surface area (Å²) in [7, 11) is 1.73. The first-order valence-electron chi connectivity index (χ1n) is 6.58. The number of methoxy groups -OCH3 is 1. The Bertz CT molecular complexity index is 383. The highest BCUT2D eigenvalue weighted by Gasteiger charge is 2.18. The molecule has 1 aliphatic rings. The highest BCUT2D eigenvalue weighted by Crippen LogP contribution is 2.31. The van der Waals surface area contributed by atoms with Gasteiger partial charge < -0.3 is 14.2 Å². The summed E-state index contributed by atoms with van der Waals surface area (Å²) in [5.74, 6) is 1.43. The van der Waals surface area contributed by atoms with Gasteiger partial charge >= 0.3 is 0 Å². The van der Waals surface area contributed by atoms with E-state index in [0.717, 1.165) is 31.8 Å². The Morgan fingerprint density at radius 1 is 1.33 bits per heavy atom. The molecule has 0 radical (unpaired) electrons. The predicted molar refractivity (Wildman–Crippen MR) is 71.1 cm³/mol. The highest BCUT2D eigenvalue weighted by molar-refractivity contribution is 5.39. The quantitative estimate of drug-likeness (QED) is 0.802. The van der Waals surface area contributed by atoms with Crippen LogP contribution in [0.3, 0.4) is 0 Å². The zero-order chi connectivity index (χ0) is 13.0. The third-order valence-electron chi connectivity index (χ3n) is 3.45. The molecule has 1 fully saturated rings. The largest absolute Gasteiger partial charge is 0.496 e. The summed E-state index contributed by atoms with van der Waals surface area (Å²) in [5, 5.41) is 0. The lowest BCUT2D eigenvalue weighted by molar-refractivity contribution is -0.0485. The van der Waals surface area contributed by atoms with Crippen molar-refractivity contribution >= 4 is 0 Å². The van der Waals surface area contributed by atoms with E-state index in [1.54, 1.807) is 7.11 Å². The average molecular weight is 250 g/mol. The second kappa shape index (κ2) is 6.21. The highest BCUT2D eigenvalue weighted by atomic mass is 16.7. The number of benzene rings is 1. The standard InChI is InChI=1S/C15H22O3/c1-11-4-6-13(14(10-11)16-3)12(2)5-7-15-17-8-9-18-15/h4,6,10,12,15H,5,7-9H2,1-3H3. The minimum Gasteiger partial charge on any atom is -0.496 e. The minimum absolute atomic E-state index is 0.0103. The van der Waals surface area contributed by atoms with Gasteiger partial charge in [-0.05, 0) is 42.9 Å². The zero-order valence-corrected chi connectivity index (χ0v) is 11.4. The number of hydrogen-bond acceptors (Lipinski definition) is 3. The molecule has 0 bridgehead atoms. The molecule has 0 spiro atoms. The monoisotopic (exact) mass is 250 g/mol. The number of hydrogen-bond donors (Lipinski definition) is 0. The Balaban J connectivity index is 1.96. The fourth-order valence-corrected chi connectivity index (χ4v) is 2.34. The molecule has 0 amide bonds. The summed E-state index contributed by atoms with van der Waals surface area (Å²) in [6, 6.07) is 6.39. The van der Waals surface area contributed by atoms with Crippen molar-refractivity contribution in [3.63, 3.8) is 0 Å². The van der Waals surface area contributed by atoms with Gasteiger partial charge in [-0.2, -0.15) is 0 Å². The van der Waals surface area contributed by atoms with Crippen LogP contribution >= 0.6 is 0 Å². The average Bonchev–Trinajstić information content (AvgIpc) is 2.88. The number of rotatable bonds is 5. The van der Waals surface area contributed by atoms with Gasteiger partial charge in [-0.15, -0.1) is 0 Å². The second-order valence-electron chi connectivity index (χ2n) is 4.89. The minimum atomic E-state index is -0.0103. The molecular weight excluding hydrogens is 228 g/mol. The molecule has 3 heteroatoms. The first-order valence-corrected chi connectivity index (χ1v) is 6.58. The van der Waals surface area contributed by atoms with Gasteiger partial charge in [-0.3, -0.25) is 0 Å². The topological polar surface area (TPSA) is 27.7 Å². The smallest absolute Gasteiger partial charge is 0.157 e. The SMILES string of the molecule is COc1cc(C)ccc1C(C)CCC1OCCO1. The van der Waals surface area contributed by atoms with Gasteiger partial charge in [-0.25, -0.2) is 0 Å². The predicted octanol–water partition coefficient (Wildman–Crippen LogP) is 3.26. The third kappa shape index (κ3) is 3.24. The molecule has 0 aromatic heterocycles. The first kappa shape index (κ1) is 13.4. The van der Waals surface area contributed by atoms with Gasteiger partial charge in [-0.1, -0.05) is 19.1 Å². The van der Waals surface area contributed by atoms with Crippen LogP contribution in [0.15, 0.2) is 18.2 Å². The van der Waals surface area contributed by atoms with E-state index in [1.165, 1.54) is 11.1 Å². The van der Waals surface area contributed by atoms with Crippen LogP contribution in [0.5, 0.6) is 5.75 Å². The van der Waals surface area contributed by atoms with E-state index >= 15 is 0 Å². The van der Waals surface area contributed by atoms with Crippen LogP contribution in [0.25, 0.3) is 0 Å². The van der Waals surface area contributed by atoms with Gasteiger partial charge in [0, 0.05) is 0 Å². The summed E-state index contributed by atoms with van der Waals surface area (Å²) in [6.07, 6.45) is 1.98. The lowest BCUT2D eigenvalue weighted by atomic mass is 9.94.